The number of nitrogens with zero attached hydrogens (tertiary/aromatic N) is 1. The first-order chi connectivity index (χ1) is 12.6. The number of non-ortho nitro benzene ring substituents is 1. The minimum absolute atomic E-state index is 0.0286. The molecule has 0 aliphatic rings. The Balaban J connectivity index is 1.70. The predicted molar refractivity (Wildman–Crippen MR) is 101 cm³/mol. The average molecular weight is 354 g/mol. The topological polar surface area (TPSA) is 81.5 Å². The fourth-order valence-corrected chi connectivity index (χ4v) is 2.36. The van der Waals surface area contributed by atoms with Crippen molar-refractivity contribution in [3.63, 3.8) is 0 Å². The first-order valence-corrected chi connectivity index (χ1v) is 8.50. The molecule has 0 saturated carbocycles. The summed E-state index contributed by atoms with van der Waals surface area (Å²) in [5, 5.41) is 13.4. The van der Waals surface area contributed by atoms with Gasteiger partial charge in [0, 0.05) is 24.8 Å². The number of nitro groups is 1. The lowest BCUT2D eigenvalue weighted by Gasteiger charge is -2.05. The Morgan fingerprint density at radius 1 is 1.15 bits per heavy atom. The van der Waals surface area contributed by atoms with E-state index >= 15 is 0 Å². The lowest BCUT2D eigenvalue weighted by atomic mass is 10.1. The third kappa shape index (κ3) is 6.39. The third-order valence-corrected chi connectivity index (χ3v) is 3.71. The Morgan fingerprint density at radius 3 is 2.46 bits per heavy atom. The van der Waals surface area contributed by atoms with Crippen LogP contribution in [-0.2, 0) is 11.2 Å². The molecular weight excluding hydrogens is 332 g/mol. The molecule has 2 rings (SSSR count). The number of nitro benzene ring substituents is 1. The summed E-state index contributed by atoms with van der Waals surface area (Å²) >= 11 is 0. The fourth-order valence-electron chi connectivity index (χ4n) is 2.36. The van der Waals surface area contributed by atoms with Gasteiger partial charge in [-0.1, -0.05) is 12.1 Å². The highest BCUT2D eigenvalue weighted by molar-refractivity contribution is 5.91. The summed E-state index contributed by atoms with van der Waals surface area (Å²) in [6, 6.07) is 14.0. The van der Waals surface area contributed by atoms with Gasteiger partial charge in [-0.15, -0.1) is 0 Å². The van der Waals surface area contributed by atoms with Crippen molar-refractivity contribution in [3.05, 3.63) is 75.8 Å². The monoisotopic (exact) mass is 354 g/mol. The lowest BCUT2D eigenvalue weighted by Crippen LogP contribution is -2.22. The van der Waals surface area contributed by atoms with E-state index < -0.39 is 4.92 Å². The maximum absolute atomic E-state index is 11.8. The van der Waals surface area contributed by atoms with E-state index in [1.54, 1.807) is 18.2 Å². The molecule has 0 aromatic heterocycles. The molecule has 0 radical (unpaired) electrons. The van der Waals surface area contributed by atoms with Crippen LogP contribution in [0.4, 0.5) is 5.69 Å². The Labute approximate surface area is 152 Å². The molecule has 0 spiro atoms. The first kappa shape index (κ1) is 19.2. The van der Waals surface area contributed by atoms with Crippen LogP contribution in [0.5, 0.6) is 5.75 Å². The summed E-state index contributed by atoms with van der Waals surface area (Å²) in [4.78, 5) is 21.9. The van der Waals surface area contributed by atoms with E-state index in [0.717, 1.165) is 24.2 Å². The van der Waals surface area contributed by atoms with Gasteiger partial charge in [-0.3, -0.25) is 14.9 Å². The molecule has 0 bridgehead atoms. The van der Waals surface area contributed by atoms with E-state index in [9.17, 15) is 14.9 Å². The lowest BCUT2D eigenvalue weighted by molar-refractivity contribution is -0.384. The summed E-state index contributed by atoms with van der Waals surface area (Å²) in [6.07, 6.45) is 4.77. The van der Waals surface area contributed by atoms with E-state index in [-0.39, 0.29) is 11.6 Å². The fraction of sp³-hybridized carbons (Fsp3) is 0.250. The Bertz CT molecular complexity index is 752. The Morgan fingerprint density at radius 2 is 1.85 bits per heavy atom. The number of ether oxygens (including phenoxy) is 1. The highest BCUT2D eigenvalue weighted by atomic mass is 16.6. The maximum atomic E-state index is 11.8. The molecule has 2 aromatic carbocycles. The molecule has 0 aliphatic carbocycles. The molecule has 1 amide bonds. The van der Waals surface area contributed by atoms with Crippen LogP contribution in [0.3, 0.4) is 0 Å². The zero-order valence-corrected chi connectivity index (χ0v) is 14.7. The summed E-state index contributed by atoms with van der Waals surface area (Å²) < 4.78 is 5.40. The third-order valence-electron chi connectivity index (χ3n) is 3.71. The quantitative estimate of drug-likeness (QED) is 0.322. The van der Waals surface area contributed by atoms with Crippen molar-refractivity contribution in [2.45, 2.75) is 19.8 Å². The molecular formula is C20H22N2O4. The predicted octanol–water partition coefficient (Wildman–Crippen LogP) is 3.76. The minimum Gasteiger partial charge on any atom is -0.494 e. The van der Waals surface area contributed by atoms with Crippen LogP contribution in [0.15, 0.2) is 54.6 Å². The van der Waals surface area contributed by atoms with Gasteiger partial charge in [-0.25, -0.2) is 0 Å². The number of hydrogen-bond acceptors (Lipinski definition) is 4. The Kier molecular flexibility index (Phi) is 7.36. The second-order valence-electron chi connectivity index (χ2n) is 5.65. The number of hydrogen-bond donors (Lipinski definition) is 1. The van der Waals surface area contributed by atoms with Gasteiger partial charge in [-0.2, -0.15) is 0 Å². The van der Waals surface area contributed by atoms with Crippen molar-refractivity contribution in [2.24, 2.45) is 0 Å². The summed E-state index contributed by atoms with van der Waals surface area (Å²) in [5.41, 5.74) is 1.96. The van der Waals surface area contributed by atoms with Crippen LogP contribution >= 0.6 is 0 Å². The van der Waals surface area contributed by atoms with E-state index in [4.69, 9.17) is 4.74 Å². The molecule has 0 heterocycles. The number of rotatable bonds is 9. The number of amides is 1. The van der Waals surface area contributed by atoms with Crippen LogP contribution in [-0.4, -0.2) is 24.0 Å². The molecule has 26 heavy (non-hydrogen) atoms. The molecule has 0 saturated heterocycles. The highest BCUT2D eigenvalue weighted by Crippen LogP contribution is 2.14. The summed E-state index contributed by atoms with van der Waals surface area (Å²) in [6.45, 7) is 3.18. The van der Waals surface area contributed by atoms with Gasteiger partial charge in [-0.05, 0) is 61.2 Å². The molecule has 1 N–H and O–H groups in total. The van der Waals surface area contributed by atoms with Crippen LogP contribution in [0.2, 0.25) is 0 Å². The standard InChI is InChI=1S/C20H22N2O4/c1-2-26-19-12-7-16(8-13-19)4-3-15-21-20(23)14-9-17-5-10-18(11-6-17)22(24)25/h5-14H,2-4,15H2,1H3,(H,21,23)/b14-9+. The molecule has 6 nitrogen and oxygen atoms in total. The smallest absolute Gasteiger partial charge is 0.269 e. The molecule has 0 fully saturated rings. The van der Waals surface area contributed by atoms with Gasteiger partial charge in [0.15, 0.2) is 0 Å². The highest BCUT2D eigenvalue weighted by Gasteiger charge is 2.03. The van der Waals surface area contributed by atoms with Gasteiger partial charge in [0.05, 0.1) is 11.5 Å². The van der Waals surface area contributed by atoms with E-state index in [2.05, 4.69) is 5.32 Å². The van der Waals surface area contributed by atoms with Gasteiger partial charge in [0.25, 0.3) is 5.69 Å². The second kappa shape index (κ2) is 9.98. The van der Waals surface area contributed by atoms with Crippen LogP contribution in [0, 0.1) is 10.1 Å². The Hall–Kier alpha value is -3.15. The largest absolute Gasteiger partial charge is 0.494 e. The molecule has 0 atom stereocenters. The number of aryl methyl sites for hydroxylation is 1. The number of benzene rings is 2. The number of nitrogens with one attached hydrogen (secondary N) is 1. The van der Waals surface area contributed by atoms with Gasteiger partial charge < -0.3 is 10.1 Å². The summed E-state index contributed by atoms with van der Waals surface area (Å²) in [7, 11) is 0. The van der Waals surface area contributed by atoms with E-state index in [1.165, 1.54) is 23.8 Å². The summed E-state index contributed by atoms with van der Waals surface area (Å²) in [5.74, 6) is 0.677. The van der Waals surface area contributed by atoms with Crippen molar-refractivity contribution in [3.8, 4) is 5.75 Å². The normalized spacial score (nSPS) is 10.7. The molecule has 6 heteroatoms. The van der Waals surface area contributed by atoms with Crippen molar-refractivity contribution in [1.29, 1.82) is 0 Å². The van der Waals surface area contributed by atoms with Crippen LogP contribution < -0.4 is 10.1 Å². The zero-order chi connectivity index (χ0) is 18.8. The van der Waals surface area contributed by atoms with E-state index in [1.807, 2.05) is 31.2 Å². The van der Waals surface area contributed by atoms with Crippen molar-refractivity contribution < 1.29 is 14.5 Å². The minimum atomic E-state index is -0.454. The molecule has 136 valence electrons. The van der Waals surface area contributed by atoms with Crippen molar-refractivity contribution in [1.82, 2.24) is 5.32 Å². The van der Waals surface area contributed by atoms with Gasteiger partial charge in [0.1, 0.15) is 5.75 Å². The van der Waals surface area contributed by atoms with Gasteiger partial charge in [0.2, 0.25) is 5.91 Å². The molecule has 0 unspecified atom stereocenters. The second-order valence-corrected chi connectivity index (χ2v) is 5.65. The molecule has 0 aliphatic heterocycles. The number of carbonyl (C=O) groups excluding carboxylic acids is 1. The SMILES string of the molecule is CCOc1ccc(CCCNC(=O)/C=C/c2ccc([N+](=O)[O-])cc2)cc1. The zero-order valence-electron chi connectivity index (χ0n) is 14.7. The number of carbonyl (C=O) groups is 1. The maximum Gasteiger partial charge on any atom is 0.269 e. The average Bonchev–Trinajstić information content (AvgIpc) is 2.65. The van der Waals surface area contributed by atoms with E-state index in [0.29, 0.717) is 13.2 Å². The van der Waals surface area contributed by atoms with Crippen molar-refractivity contribution in [2.75, 3.05) is 13.2 Å². The first-order valence-electron chi connectivity index (χ1n) is 8.50. The van der Waals surface area contributed by atoms with Gasteiger partial charge >= 0.3 is 0 Å². The van der Waals surface area contributed by atoms with Crippen LogP contribution in [0.25, 0.3) is 6.08 Å². The molecule has 2 aromatic rings. The van der Waals surface area contributed by atoms with Crippen LogP contribution in [0.1, 0.15) is 24.5 Å². The van der Waals surface area contributed by atoms with Crippen molar-refractivity contribution >= 4 is 17.7 Å².